The zero-order chi connectivity index (χ0) is 12.3. The Morgan fingerprint density at radius 2 is 2.18 bits per heavy atom. The van der Waals surface area contributed by atoms with Crippen LogP contribution in [0.3, 0.4) is 0 Å². The molecule has 0 atom stereocenters. The highest BCUT2D eigenvalue weighted by Gasteiger charge is 2.07. The lowest BCUT2D eigenvalue weighted by Crippen LogP contribution is -1.98. The van der Waals surface area contributed by atoms with Crippen LogP contribution in [-0.4, -0.2) is 17.0 Å². The third-order valence-corrected chi connectivity index (χ3v) is 2.40. The molecule has 0 aliphatic carbocycles. The van der Waals surface area contributed by atoms with Gasteiger partial charge in [0.25, 0.3) is 0 Å². The molecule has 17 heavy (non-hydrogen) atoms. The second-order valence-electron chi connectivity index (χ2n) is 3.52. The minimum Gasteiger partial charge on any atom is -0.437 e. The summed E-state index contributed by atoms with van der Waals surface area (Å²) in [5, 5.41) is 3.21. The highest BCUT2D eigenvalue weighted by molar-refractivity contribution is 6.31. The molecule has 0 aliphatic rings. The quantitative estimate of drug-likeness (QED) is 0.907. The topological polar surface area (TPSA) is 47.0 Å². The summed E-state index contributed by atoms with van der Waals surface area (Å²) in [5.74, 6) is 1.52. The summed E-state index contributed by atoms with van der Waals surface area (Å²) >= 11 is 5.97. The Morgan fingerprint density at radius 3 is 2.88 bits per heavy atom. The van der Waals surface area contributed by atoms with Crippen LogP contribution in [0.25, 0.3) is 0 Å². The maximum absolute atomic E-state index is 5.97. The molecule has 0 saturated carbocycles. The van der Waals surface area contributed by atoms with E-state index in [1.54, 1.807) is 7.05 Å². The van der Waals surface area contributed by atoms with E-state index in [4.69, 9.17) is 16.3 Å². The Labute approximate surface area is 105 Å². The summed E-state index contributed by atoms with van der Waals surface area (Å²) in [7, 11) is 1.74. The molecule has 0 fully saturated rings. The van der Waals surface area contributed by atoms with Gasteiger partial charge in [0, 0.05) is 7.05 Å². The van der Waals surface area contributed by atoms with Gasteiger partial charge in [-0.05, 0) is 24.6 Å². The van der Waals surface area contributed by atoms with Crippen molar-refractivity contribution in [2.24, 2.45) is 0 Å². The Kier molecular flexibility index (Phi) is 3.44. The first kappa shape index (κ1) is 11.7. The molecule has 0 unspecified atom stereocenters. The fourth-order valence-corrected chi connectivity index (χ4v) is 1.46. The predicted molar refractivity (Wildman–Crippen MR) is 67.8 cm³/mol. The summed E-state index contributed by atoms with van der Waals surface area (Å²) < 4.78 is 5.61. The number of ether oxygens (including phenoxy) is 1. The van der Waals surface area contributed by atoms with Crippen molar-refractivity contribution in [3.8, 4) is 11.6 Å². The third kappa shape index (κ3) is 2.85. The second-order valence-corrected chi connectivity index (χ2v) is 3.92. The van der Waals surface area contributed by atoms with Crippen LogP contribution in [0.4, 0.5) is 5.95 Å². The minimum atomic E-state index is 0.344. The molecular weight excluding hydrogens is 238 g/mol. The highest BCUT2D eigenvalue weighted by atomic mass is 35.5. The number of anilines is 1. The number of aromatic nitrogens is 2. The van der Waals surface area contributed by atoms with Gasteiger partial charge in [0.05, 0.1) is 6.20 Å². The van der Waals surface area contributed by atoms with Crippen LogP contribution < -0.4 is 10.1 Å². The van der Waals surface area contributed by atoms with E-state index in [2.05, 4.69) is 15.3 Å². The molecule has 1 N–H and O–H groups in total. The van der Waals surface area contributed by atoms with E-state index in [1.807, 2.05) is 31.2 Å². The van der Waals surface area contributed by atoms with Gasteiger partial charge in [-0.15, -0.1) is 0 Å². The van der Waals surface area contributed by atoms with Crippen molar-refractivity contribution in [3.63, 3.8) is 0 Å². The van der Waals surface area contributed by atoms with Crippen LogP contribution in [0.15, 0.2) is 30.5 Å². The molecular formula is C12H12ClN3O. The molecule has 0 saturated heterocycles. The van der Waals surface area contributed by atoms with Crippen molar-refractivity contribution in [1.82, 2.24) is 9.97 Å². The fraction of sp³-hybridized carbons (Fsp3) is 0.167. The number of nitrogens with zero attached hydrogens (tertiary/aromatic N) is 2. The van der Waals surface area contributed by atoms with E-state index in [1.165, 1.54) is 6.20 Å². The molecule has 1 aromatic heterocycles. The SMILES string of the molecule is CNc1ncc(Cl)c(Oc2cccc(C)c2)n1. The molecule has 1 aromatic carbocycles. The molecule has 0 amide bonds. The van der Waals surface area contributed by atoms with Gasteiger partial charge < -0.3 is 10.1 Å². The lowest BCUT2D eigenvalue weighted by Gasteiger charge is -2.07. The maximum atomic E-state index is 5.97. The summed E-state index contributed by atoms with van der Waals surface area (Å²) in [4.78, 5) is 8.12. The van der Waals surface area contributed by atoms with E-state index < -0.39 is 0 Å². The molecule has 0 spiro atoms. The van der Waals surface area contributed by atoms with Crippen LogP contribution in [0.1, 0.15) is 5.56 Å². The Hall–Kier alpha value is -1.81. The Morgan fingerprint density at radius 1 is 1.35 bits per heavy atom. The Bertz CT molecular complexity index is 531. The number of benzene rings is 1. The summed E-state index contributed by atoms with van der Waals surface area (Å²) in [6, 6.07) is 7.67. The molecule has 0 bridgehead atoms. The van der Waals surface area contributed by atoms with Crippen LogP contribution >= 0.6 is 11.6 Å². The first-order valence-corrected chi connectivity index (χ1v) is 5.51. The lowest BCUT2D eigenvalue weighted by atomic mass is 10.2. The van der Waals surface area contributed by atoms with Gasteiger partial charge in [0.15, 0.2) is 0 Å². The molecule has 5 heteroatoms. The van der Waals surface area contributed by atoms with Crippen molar-refractivity contribution in [1.29, 1.82) is 0 Å². The van der Waals surface area contributed by atoms with Crippen molar-refractivity contribution < 1.29 is 4.74 Å². The monoisotopic (exact) mass is 249 g/mol. The van der Waals surface area contributed by atoms with Gasteiger partial charge in [-0.3, -0.25) is 0 Å². The summed E-state index contributed by atoms with van der Waals surface area (Å²) in [6.07, 6.45) is 1.51. The third-order valence-electron chi connectivity index (χ3n) is 2.14. The number of hydrogen-bond donors (Lipinski definition) is 1. The van der Waals surface area contributed by atoms with Gasteiger partial charge in [0.2, 0.25) is 11.8 Å². The van der Waals surface area contributed by atoms with Crippen molar-refractivity contribution in [3.05, 3.63) is 41.0 Å². The maximum Gasteiger partial charge on any atom is 0.243 e. The van der Waals surface area contributed by atoms with Gasteiger partial charge in [-0.1, -0.05) is 23.7 Å². The van der Waals surface area contributed by atoms with Crippen molar-refractivity contribution in [2.45, 2.75) is 6.92 Å². The predicted octanol–water partition coefficient (Wildman–Crippen LogP) is 3.27. The van der Waals surface area contributed by atoms with E-state index in [0.29, 0.717) is 22.6 Å². The summed E-state index contributed by atoms with van der Waals surface area (Å²) in [6.45, 7) is 1.99. The van der Waals surface area contributed by atoms with Crippen LogP contribution in [-0.2, 0) is 0 Å². The molecule has 2 rings (SSSR count). The number of halogens is 1. The molecule has 88 valence electrons. The molecule has 0 aliphatic heterocycles. The smallest absolute Gasteiger partial charge is 0.243 e. The van der Waals surface area contributed by atoms with E-state index in [-0.39, 0.29) is 0 Å². The highest BCUT2D eigenvalue weighted by Crippen LogP contribution is 2.27. The van der Waals surface area contributed by atoms with Crippen LogP contribution in [0.2, 0.25) is 5.02 Å². The first-order chi connectivity index (χ1) is 8.19. The van der Waals surface area contributed by atoms with Crippen molar-refractivity contribution >= 4 is 17.5 Å². The van der Waals surface area contributed by atoms with E-state index in [0.717, 1.165) is 5.56 Å². The lowest BCUT2D eigenvalue weighted by molar-refractivity contribution is 0.462. The molecule has 4 nitrogen and oxygen atoms in total. The van der Waals surface area contributed by atoms with Crippen LogP contribution in [0.5, 0.6) is 11.6 Å². The van der Waals surface area contributed by atoms with Crippen LogP contribution in [0, 0.1) is 6.92 Å². The summed E-state index contributed by atoms with van der Waals surface area (Å²) in [5.41, 5.74) is 1.11. The number of nitrogens with one attached hydrogen (secondary N) is 1. The second kappa shape index (κ2) is 5.01. The van der Waals surface area contributed by atoms with Gasteiger partial charge in [0.1, 0.15) is 10.8 Å². The van der Waals surface area contributed by atoms with Gasteiger partial charge in [-0.2, -0.15) is 4.98 Å². The zero-order valence-corrected chi connectivity index (χ0v) is 10.3. The zero-order valence-electron chi connectivity index (χ0n) is 9.57. The number of rotatable bonds is 3. The van der Waals surface area contributed by atoms with E-state index in [9.17, 15) is 0 Å². The molecule has 0 radical (unpaired) electrons. The standard InChI is InChI=1S/C12H12ClN3O/c1-8-4-3-5-9(6-8)17-11-10(13)7-15-12(14-2)16-11/h3-7H,1-2H3,(H,14,15,16). The van der Waals surface area contributed by atoms with Crippen molar-refractivity contribution in [2.75, 3.05) is 12.4 Å². The number of hydrogen-bond acceptors (Lipinski definition) is 4. The normalized spacial score (nSPS) is 10.1. The average molecular weight is 250 g/mol. The fourth-order valence-electron chi connectivity index (χ4n) is 1.33. The molecule has 2 aromatic rings. The van der Waals surface area contributed by atoms with E-state index >= 15 is 0 Å². The average Bonchev–Trinajstić information content (AvgIpc) is 2.32. The first-order valence-electron chi connectivity index (χ1n) is 5.14. The van der Waals surface area contributed by atoms with Gasteiger partial charge >= 0.3 is 0 Å². The largest absolute Gasteiger partial charge is 0.437 e. The minimum absolute atomic E-state index is 0.344. The molecule has 1 heterocycles. The van der Waals surface area contributed by atoms with Gasteiger partial charge in [-0.25, -0.2) is 4.98 Å². The number of aryl methyl sites for hydroxylation is 1. The Balaban J connectivity index is 2.29.